The second kappa shape index (κ2) is 8.27. The summed E-state index contributed by atoms with van der Waals surface area (Å²) in [5, 5.41) is 5.16. The maximum atomic E-state index is 11.9. The van der Waals surface area contributed by atoms with Crippen molar-refractivity contribution in [1.82, 2.24) is 5.32 Å². The molecular weight excluding hydrogens is 244 g/mol. The second-order valence-electron chi connectivity index (χ2n) is 4.76. The standard InChI is InChI=1S/C14H24N2OS/c1-3-12(13-5-4-10-18-13)16-14(17)7-6-11(2)8-9-15/h4-5,10-12H,3,6-9,15H2,1-2H3,(H,16,17). The van der Waals surface area contributed by atoms with E-state index in [1.54, 1.807) is 11.3 Å². The molecule has 1 aromatic rings. The molecule has 0 aliphatic rings. The number of carbonyl (C=O) groups excluding carboxylic acids is 1. The van der Waals surface area contributed by atoms with E-state index in [4.69, 9.17) is 5.73 Å². The maximum absolute atomic E-state index is 11.9. The van der Waals surface area contributed by atoms with Gasteiger partial charge in [0.25, 0.3) is 0 Å². The molecule has 0 aliphatic carbocycles. The first kappa shape index (κ1) is 15.2. The summed E-state index contributed by atoms with van der Waals surface area (Å²) < 4.78 is 0. The largest absolute Gasteiger partial charge is 0.348 e. The number of nitrogens with one attached hydrogen (secondary N) is 1. The van der Waals surface area contributed by atoms with Crippen LogP contribution in [0.4, 0.5) is 0 Å². The Kier molecular flexibility index (Phi) is 6.98. The SMILES string of the molecule is CCC(NC(=O)CCC(C)CCN)c1cccs1. The molecule has 0 aromatic carbocycles. The van der Waals surface area contributed by atoms with Crippen molar-refractivity contribution < 1.29 is 4.79 Å². The van der Waals surface area contributed by atoms with E-state index in [1.165, 1.54) is 4.88 Å². The topological polar surface area (TPSA) is 55.1 Å². The third kappa shape index (κ3) is 5.19. The van der Waals surface area contributed by atoms with Crippen LogP contribution in [0.25, 0.3) is 0 Å². The number of nitrogens with two attached hydrogens (primary N) is 1. The maximum Gasteiger partial charge on any atom is 0.220 e. The van der Waals surface area contributed by atoms with Crippen molar-refractivity contribution in [2.45, 2.75) is 45.6 Å². The van der Waals surface area contributed by atoms with Crippen molar-refractivity contribution in [3.8, 4) is 0 Å². The molecule has 18 heavy (non-hydrogen) atoms. The van der Waals surface area contributed by atoms with E-state index in [9.17, 15) is 4.79 Å². The molecule has 0 radical (unpaired) electrons. The smallest absolute Gasteiger partial charge is 0.220 e. The van der Waals surface area contributed by atoms with Gasteiger partial charge in [0, 0.05) is 11.3 Å². The second-order valence-corrected chi connectivity index (χ2v) is 5.74. The minimum atomic E-state index is 0.152. The Morgan fingerprint density at radius 3 is 2.83 bits per heavy atom. The first-order valence-corrected chi connectivity index (χ1v) is 7.58. The van der Waals surface area contributed by atoms with E-state index >= 15 is 0 Å². The quantitative estimate of drug-likeness (QED) is 0.761. The van der Waals surface area contributed by atoms with Gasteiger partial charge in [0.15, 0.2) is 0 Å². The highest BCUT2D eigenvalue weighted by Crippen LogP contribution is 2.22. The van der Waals surface area contributed by atoms with Gasteiger partial charge in [-0.1, -0.05) is 19.9 Å². The Bertz CT molecular complexity index is 338. The number of hydrogen-bond donors (Lipinski definition) is 2. The highest BCUT2D eigenvalue weighted by Gasteiger charge is 2.14. The van der Waals surface area contributed by atoms with Gasteiger partial charge in [-0.3, -0.25) is 4.79 Å². The van der Waals surface area contributed by atoms with Crippen molar-refractivity contribution in [3.05, 3.63) is 22.4 Å². The molecule has 1 amide bonds. The number of hydrogen-bond acceptors (Lipinski definition) is 3. The van der Waals surface area contributed by atoms with Gasteiger partial charge in [-0.05, 0) is 43.2 Å². The fraction of sp³-hybridized carbons (Fsp3) is 0.643. The molecule has 1 rings (SSSR count). The lowest BCUT2D eigenvalue weighted by atomic mass is 10.0. The van der Waals surface area contributed by atoms with Crippen LogP contribution in [-0.4, -0.2) is 12.5 Å². The van der Waals surface area contributed by atoms with Crippen molar-refractivity contribution in [3.63, 3.8) is 0 Å². The van der Waals surface area contributed by atoms with E-state index in [-0.39, 0.29) is 11.9 Å². The highest BCUT2D eigenvalue weighted by atomic mass is 32.1. The lowest BCUT2D eigenvalue weighted by Crippen LogP contribution is -2.27. The van der Waals surface area contributed by atoms with Crippen molar-refractivity contribution in [1.29, 1.82) is 0 Å². The van der Waals surface area contributed by atoms with Gasteiger partial charge in [-0.15, -0.1) is 11.3 Å². The summed E-state index contributed by atoms with van der Waals surface area (Å²) in [6, 6.07) is 4.27. The number of carbonyl (C=O) groups is 1. The van der Waals surface area contributed by atoms with Gasteiger partial charge in [-0.25, -0.2) is 0 Å². The molecular formula is C14H24N2OS. The summed E-state index contributed by atoms with van der Waals surface area (Å²) in [5.41, 5.74) is 5.50. The third-order valence-electron chi connectivity index (χ3n) is 3.15. The molecule has 0 saturated heterocycles. The molecule has 4 heteroatoms. The van der Waals surface area contributed by atoms with Crippen LogP contribution in [0.15, 0.2) is 17.5 Å². The zero-order valence-corrected chi connectivity index (χ0v) is 12.1. The summed E-state index contributed by atoms with van der Waals surface area (Å²) in [5.74, 6) is 0.682. The van der Waals surface area contributed by atoms with Gasteiger partial charge >= 0.3 is 0 Å². The average molecular weight is 268 g/mol. The lowest BCUT2D eigenvalue weighted by molar-refractivity contribution is -0.122. The van der Waals surface area contributed by atoms with Crippen LogP contribution in [0, 0.1) is 5.92 Å². The van der Waals surface area contributed by atoms with Gasteiger partial charge < -0.3 is 11.1 Å². The summed E-state index contributed by atoms with van der Waals surface area (Å²) in [7, 11) is 0. The van der Waals surface area contributed by atoms with E-state index < -0.39 is 0 Å². The van der Waals surface area contributed by atoms with E-state index in [2.05, 4.69) is 25.2 Å². The summed E-state index contributed by atoms with van der Waals surface area (Å²) in [6.45, 7) is 4.95. The Balaban J connectivity index is 2.34. The molecule has 0 spiro atoms. The van der Waals surface area contributed by atoms with E-state index in [0.717, 1.165) is 19.3 Å². The normalized spacial score (nSPS) is 14.2. The predicted octanol–water partition coefficient (Wildman–Crippen LogP) is 3.08. The van der Waals surface area contributed by atoms with Crippen molar-refractivity contribution >= 4 is 17.2 Å². The summed E-state index contributed by atoms with van der Waals surface area (Å²) in [4.78, 5) is 13.1. The Morgan fingerprint density at radius 2 is 2.28 bits per heavy atom. The Labute approximate surface area is 114 Å². The fourth-order valence-corrected chi connectivity index (χ4v) is 2.80. The summed E-state index contributed by atoms with van der Waals surface area (Å²) >= 11 is 1.70. The number of amides is 1. The number of rotatable bonds is 8. The van der Waals surface area contributed by atoms with Gasteiger partial charge in [-0.2, -0.15) is 0 Å². The van der Waals surface area contributed by atoms with Crippen LogP contribution in [0.1, 0.15) is 50.4 Å². The zero-order valence-electron chi connectivity index (χ0n) is 11.3. The molecule has 2 atom stereocenters. The van der Waals surface area contributed by atoms with Crippen LogP contribution in [0.2, 0.25) is 0 Å². The molecule has 0 fully saturated rings. The minimum Gasteiger partial charge on any atom is -0.348 e. The van der Waals surface area contributed by atoms with E-state index in [1.807, 2.05) is 11.4 Å². The van der Waals surface area contributed by atoms with Gasteiger partial charge in [0.2, 0.25) is 5.91 Å². The predicted molar refractivity (Wildman–Crippen MR) is 77.6 cm³/mol. The molecule has 3 N–H and O–H groups in total. The van der Waals surface area contributed by atoms with Crippen LogP contribution in [0.5, 0.6) is 0 Å². The van der Waals surface area contributed by atoms with Crippen molar-refractivity contribution in [2.75, 3.05) is 6.54 Å². The average Bonchev–Trinajstić information content (AvgIpc) is 2.87. The van der Waals surface area contributed by atoms with Crippen LogP contribution in [-0.2, 0) is 4.79 Å². The van der Waals surface area contributed by atoms with Crippen LogP contribution >= 0.6 is 11.3 Å². The molecule has 1 heterocycles. The van der Waals surface area contributed by atoms with Gasteiger partial charge in [0.1, 0.15) is 0 Å². The first-order valence-electron chi connectivity index (χ1n) is 6.70. The molecule has 0 aliphatic heterocycles. The molecule has 1 aromatic heterocycles. The van der Waals surface area contributed by atoms with Crippen LogP contribution < -0.4 is 11.1 Å². The molecule has 0 bridgehead atoms. The van der Waals surface area contributed by atoms with E-state index in [0.29, 0.717) is 18.9 Å². The van der Waals surface area contributed by atoms with Crippen LogP contribution in [0.3, 0.4) is 0 Å². The zero-order chi connectivity index (χ0) is 13.4. The minimum absolute atomic E-state index is 0.152. The number of thiophene rings is 1. The van der Waals surface area contributed by atoms with Gasteiger partial charge in [0.05, 0.1) is 6.04 Å². The molecule has 2 unspecified atom stereocenters. The Hall–Kier alpha value is -0.870. The lowest BCUT2D eigenvalue weighted by Gasteiger charge is -2.16. The molecule has 102 valence electrons. The van der Waals surface area contributed by atoms with Crippen molar-refractivity contribution in [2.24, 2.45) is 11.7 Å². The highest BCUT2D eigenvalue weighted by molar-refractivity contribution is 7.10. The Morgan fingerprint density at radius 1 is 1.50 bits per heavy atom. The third-order valence-corrected chi connectivity index (χ3v) is 4.14. The molecule has 3 nitrogen and oxygen atoms in total. The summed E-state index contributed by atoms with van der Waals surface area (Å²) in [6.07, 6.45) is 3.45. The fourth-order valence-electron chi connectivity index (χ4n) is 1.94. The first-order chi connectivity index (χ1) is 8.67. The molecule has 0 saturated carbocycles. The monoisotopic (exact) mass is 268 g/mol.